The van der Waals surface area contributed by atoms with E-state index in [0.717, 1.165) is 16.9 Å². The second-order valence-electron chi connectivity index (χ2n) is 8.55. The molecule has 0 spiro atoms. The van der Waals surface area contributed by atoms with Crippen LogP contribution in [0.3, 0.4) is 0 Å². The van der Waals surface area contributed by atoms with Crippen molar-refractivity contribution in [1.82, 2.24) is 0 Å². The van der Waals surface area contributed by atoms with Crippen LogP contribution < -0.4 is 10.5 Å². The smallest absolute Gasteiger partial charge is 0.205 e. The molecule has 0 aromatic heterocycles. The van der Waals surface area contributed by atoms with Crippen LogP contribution in [0.2, 0.25) is 0 Å². The number of hydrogen-bond donors (Lipinski definition) is 1. The molecule has 0 radical (unpaired) electrons. The van der Waals surface area contributed by atoms with Crippen molar-refractivity contribution in [3.8, 4) is 11.8 Å². The van der Waals surface area contributed by atoms with Gasteiger partial charge < -0.3 is 15.2 Å². The predicted octanol–water partition coefficient (Wildman–Crippen LogP) is 4.72. The van der Waals surface area contributed by atoms with Crippen LogP contribution in [0, 0.1) is 16.7 Å². The summed E-state index contributed by atoms with van der Waals surface area (Å²) in [6.07, 6.45) is 1.03. The minimum Gasteiger partial charge on any atom is -0.489 e. The number of allylic oxidation sites excluding steroid dienone is 3. The van der Waals surface area contributed by atoms with Crippen LogP contribution in [-0.2, 0) is 16.1 Å². The molecule has 2 aliphatic rings. The Labute approximate surface area is 176 Å². The van der Waals surface area contributed by atoms with Gasteiger partial charge in [0.05, 0.1) is 5.92 Å². The largest absolute Gasteiger partial charge is 0.489 e. The molecule has 0 saturated heterocycles. The first-order chi connectivity index (χ1) is 14.4. The van der Waals surface area contributed by atoms with Crippen molar-refractivity contribution in [2.45, 2.75) is 39.2 Å². The van der Waals surface area contributed by atoms with Gasteiger partial charge in [0.2, 0.25) is 5.88 Å². The normalized spacial score (nSPS) is 20.3. The molecule has 0 saturated carbocycles. The van der Waals surface area contributed by atoms with Gasteiger partial charge in [0.15, 0.2) is 5.78 Å². The van der Waals surface area contributed by atoms with E-state index >= 15 is 0 Å². The van der Waals surface area contributed by atoms with Gasteiger partial charge in [0, 0.05) is 18.4 Å². The van der Waals surface area contributed by atoms with Gasteiger partial charge in [-0.2, -0.15) is 5.26 Å². The molecule has 4 rings (SSSR count). The maximum Gasteiger partial charge on any atom is 0.205 e. The van der Waals surface area contributed by atoms with E-state index in [9.17, 15) is 10.1 Å². The van der Waals surface area contributed by atoms with Crippen molar-refractivity contribution in [3.63, 3.8) is 0 Å². The summed E-state index contributed by atoms with van der Waals surface area (Å²) in [5, 5.41) is 9.71. The van der Waals surface area contributed by atoms with Gasteiger partial charge >= 0.3 is 0 Å². The van der Waals surface area contributed by atoms with Crippen molar-refractivity contribution < 1.29 is 14.3 Å². The van der Waals surface area contributed by atoms with Crippen molar-refractivity contribution in [3.05, 3.63) is 88.5 Å². The highest BCUT2D eigenvalue weighted by Crippen LogP contribution is 2.47. The summed E-state index contributed by atoms with van der Waals surface area (Å²) in [5.74, 6) is 0.884. The van der Waals surface area contributed by atoms with Crippen LogP contribution in [0.4, 0.5) is 0 Å². The van der Waals surface area contributed by atoms with Crippen LogP contribution in [-0.4, -0.2) is 5.78 Å². The lowest BCUT2D eigenvalue weighted by molar-refractivity contribution is -0.119. The fraction of sp³-hybridized carbons (Fsp3) is 0.280. The van der Waals surface area contributed by atoms with Gasteiger partial charge in [0.1, 0.15) is 29.8 Å². The third kappa shape index (κ3) is 3.81. The molecule has 0 bridgehead atoms. The fourth-order valence-electron chi connectivity index (χ4n) is 4.12. The Morgan fingerprint density at radius 3 is 2.50 bits per heavy atom. The Balaban J connectivity index is 1.63. The standard InChI is InChI=1S/C25H24N2O3/c1-25(2)12-20(28)23-21(13-25)30-24(27)19(14-26)22(23)17-8-10-18(11-9-17)29-15-16-6-4-3-5-7-16/h3-11,22H,12-13,15,27H2,1-2H3/t22-/m0/s1. The van der Waals surface area contributed by atoms with Gasteiger partial charge in [-0.05, 0) is 28.7 Å². The summed E-state index contributed by atoms with van der Waals surface area (Å²) in [4.78, 5) is 13.0. The molecule has 5 nitrogen and oxygen atoms in total. The number of hydrogen-bond acceptors (Lipinski definition) is 5. The van der Waals surface area contributed by atoms with Crippen molar-refractivity contribution in [2.24, 2.45) is 11.1 Å². The summed E-state index contributed by atoms with van der Waals surface area (Å²) in [6, 6.07) is 19.6. The second kappa shape index (κ2) is 7.72. The molecule has 1 aliphatic carbocycles. The number of ketones is 1. The van der Waals surface area contributed by atoms with E-state index in [1.807, 2.05) is 68.4 Å². The van der Waals surface area contributed by atoms with E-state index in [1.165, 1.54) is 0 Å². The van der Waals surface area contributed by atoms with Gasteiger partial charge in [-0.25, -0.2) is 0 Å². The number of Topliss-reactive ketones (excluding diaryl/α,β-unsaturated/α-hetero) is 1. The van der Waals surface area contributed by atoms with Crippen LogP contribution in [0.1, 0.15) is 43.7 Å². The summed E-state index contributed by atoms with van der Waals surface area (Å²) in [5.41, 5.74) is 8.61. The monoisotopic (exact) mass is 400 g/mol. The minimum atomic E-state index is -0.509. The molecule has 30 heavy (non-hydrogen) atoms. The number of benzene rings is 2. The van der Waals surface area contributed by atoms with Gasteiger partial charge in [-0.3, -0.25) is 4.79 Å². The lowest BCUT2D eigenvalue weighted by atomic mass is 9.70. The van der Waals surface area contributed by atoms with Crippen LogP contribution in [0.5, 0.6) is 5.75 Å². The van der Waals surface area contributed by atoms with Crippen LogP contribution >= 0.6 is 0 Å². The molecule has 2 aromatic carbocycles. The van der Waals surface area contributed by atoms with Crippen molar-refractivity contribution in [1.29, 1.82) is 5.26 Å². The number of carbonyl (C=O) groups excluding carboxylic acids is 1. The lowest BCUT2D eigenvalue weighted by Gasteiger charge is -2.37. The molecular formula is C25H24N2O3. The Morgan fingerprint density at radius 1 is 1.13 bits per heavy atom. The van der Waals surface area contributed by atoms with Gasteiger partial charge in [0.25, 0.3) is 0 Å². The van der Waals surface area contributed by atoms with E-state index in [4.69, 9.17) is 15.2 Å². The number of carbonyl (C=O) groups is 1. The van der Waals surface area contributed by atoms with E-state index in [0.29, 0.717) is 30.8 Å². The second-order valence-corrected chi connectivity index (χ2v) is 8.55. The maximum absolute atomic E-state index is 13.0. The molecule has 5 heteroatoms. The molecule has 2 aromatic rings. The number of ether oxygens (including phenoxy) is 2. The Morgan fingerprint density at radius 2 is 1.83 bits per heavy atom. The van der Waals surface area contributed by atoms with Crippen molar-refractivity contribution in [2.75, 3.05) is 0 Å². The average Bonchev–Trinajstić information content (AvgIpc) is 2.71. The minimum absolute atomic E-state index is 0.0101. The van der Waals surface area contributed by atoms with Crippen LogP contribution in [0.25, 0.3) is 0 Å². The number of nitriles is 1. The first-order valence-corrected chi connectivity index (χ1v) is 9.98. The number of nitrogens with two attached hydrogens (primary N) is 1. The molecule has 1 atom stereocenters. The molecule has 2 N–H and O–H groups in total. The zero-order valence-corrected chi connectivity index (χ0v) is 17.1. The highest BCUT2D eigenvalue weighted by atomic mass is 16.5. The van der Waals surface area contributed by atoms with E-state index in [2.05, 4.69) is 6.07 Å². The molecule has 152 valence electrons. The Hall–Kier alpha value is -3.52. The Bertz CT molecular complexity index is 1070. The molecule has 1 aliphatic heterocycles. The Kier molecular flexibility index (Phi) is 5.09. The third-order valence-electron chi connectivity index (χ3n) is 5.54. The zero-order valence-electron chi connectivity index (χ0n) is 17.1. The molecule has 1 heterocycles. The SMILES string of the molecule is CC1(C)CC(=O)C2=C(C1)OC(N)=C(C#N)[C@@H]2c1ccc(OCc2ccccc2)cc1. The predicted molar refractivity (Wildman–Crippen MR) is 113 cm³/mol. The maximum atomic E-state index is 13.0. The van der Waals surface area contributed by atoms with Crippen molar-refractivity contribution >= 4 is 5.78 Å². The average molecular weight is 400 g/mol. The molecule has 0 unspecified atom stereocenters. The molecule has 0 amide bonds. The molecular weight excluding hydrogens is 376 g/mol. The quantitative estimate of drug-likeness (QED) is 0.803. The summed E-state index contributed by atoms with van der Waals surface area (Å²) in [7, 11) is 0. The fourth-order valence-corrected chi connectivity index (χ4v) is 4.12. The first-order valence-electron chi connectivity index (χ1n) is 9.98. The lowest BCUT2D eigenvalue weighted by Crippen LogP contribution is -2.33. The van der Waals surface area contributed by atoms with Gasteiger partial charge in [-0.15, -0.1) is 0 Å². The van der Waals surface area contributed by atoms with E-state index in [1.54, 1.807) is 0 Å². The number of rotatable bonds is 4. The molecule has 0 fully saturated rings. The van der Waals surface area contributed by atoms with E-state index < -0.39 is 5.92 Å². The summed E-state index contributed by atoms with van der Waals surface area (Å²) >= 11 is 0. The highest BCUT2D eigenvalue weighted by molar-refractivity contribution is 6.00. The third-order valence-corrected chi connectivity index (χ3v) is 5.54. The van der Waals surface area contributed by atoms with E-state index in [-0.39, 0.29) is 22.7 Å². The topological polar surface area (TPSA) is 85.3 Å². The summed E-state index contributed by atoms with van der Waals surface area (Å²) in [6.45, 7) is 4.54. The number of nitrogens with zero attached hydrogens (tertiary/aromatic N) is 1. The summed E-state index contributed by atoms with van der Waals surface area (Å²) < 4.78 is 11.6. The van der Waals surface area contributed by atoms with Gasteiger partial charge in [-0.1, -0.05) is 56.3 Å². The van der Waals surface area contributed by atoms with Crippen LogP contribution in [0.15, 0.2) is 77.4 Å². The highest BCUT2D eigenvalue weighted by Gasteiger charge is 2.42. The first kappa shape index (κ1) is 19.8. The zero-order chi connectivity index (χ0) is 21.3.